The lowest BCUT2D eigenvalue weighted by Crippen LogP contribution is -2.19. The van der Waals surface area contributed by atoms with Crippen LogP contribution in [-0.4, -0.2) is 0 Å². The summed E-state index contributed by atoms with van der Waals surface area (Å²) in [5, 5.41) is 5.31. The lowest BCUT2D eigenvalue weighted by molar-refractivity contribution is 0.473. The van der Waals surface area contributed by atoms with Gasteiger partial charge in [-0.15, -0.1) is 11.3 Å². The lowest BCUT2D eigenvalue weighted by Gasteiger charge is -2.15. The highest BCUT2D eigenvalue weighted by Crippen LogP contribution is 2.21. The second-order valence-corrected chi connectivity index (χ2v) is 5.47. The molecule has 1 unspecified atom stereocenters. The zero-order chi connectivity index (χ0) is 13.8. The molecule has 0 bridgehead atoms. The van der Waals surface area contributed by atoms with E-state index in [0.29, 0.717) is 12.1 Å². The zero-order valence-corrected chi connectivity index (χ0v) is 11.9. The second-order valence-electron chi connectivity index (χ2n) is 4.47. The molecule has 0 radical (unpaired) electrons. The van der Waals surface area contributed by atoms with Gasteiger partial charge in [-0.3, -0.25) is 0 Å². The Morgan fingerprint density at radius 3 is 2.79 bits per heavy atom. The summed E-state index contributed by atoms with van der Waals surface area (Å²) in [5.41, 5.74) is 1.68. The van der Waals surface area contributed by atoms with Gasteiger partial charge >= 0.3 is 0 Å². The van der Waals surface area contributed by atoms with Crippen molar-refractivity contribution in [1.82, 2.24) is 5.32 Å². The number of aryl methyl sites for hydroxylation is 1. The number of halogens is 2. The van der Waals surface area contributed by atoms with E-state index in [2.05, 4.69) is 23.7 Å². The highest BCUT2D eigenvalue weighted by atomic mass is 32.1. The molecule has 1 heterocycles. The van der Waals surface area contributed by atoms with Gasteiger partial charge in [0.2, 0.25) is 0 Å². The van der Waals surface area contributed by atoms with Gasteiger partial charge in [0.05, 0.1) is 0 Å². The van der Waals surface area contributed by atoms with E-state index in [1.54, 1.807) is 17.4 Å². The summed E-state index contributed by atoms with van der Waals surface area (Å²) < 4.78 is 26.8. The first-order valence-electron chi connectivity index (χ1n) is 6.36. The van der Waals surface area contributed by atoms with Gasteiger partial charge in [-0.1, -0.05) is 19.1 Å². The van der Waals surface area contributed by atoms with Gasteiger partial charge in [0.15, 0.2) is 11.6 Å². The molecule has 1 aromatic heterocycles. The Bertz CT molecular complexity index is 551. The van der Waals surface area contributed by atoms with Crippen LogP contribution in [0.5, 0.6) is 0 Å². The Labute approximate surface area is 116 Å². The van der Waals surface area contributed by atoms with E-state index in [-0.39, 0.29) is 6.04 Å². The quantitative estimate of drug-likeness (QED) is 0.854. The van der Waals surface area contributed by atoms with Gasteiger partial charge in [-0.05, 0) is 36.4 Å². The Morgan fingerprint density at radius 1 is 1.26 bits per heavy atom. The van der Waals surface area contributed by atoms with Gasteiger partial charge in [-0.25, -0.2) is 8.78 Å². The Hall–Kier alpha value is -1.26. The van der Waals surface area contributed by atoms with Crippen molar-refractivity contribution in [2.75, 3.05) is 0 Å². The molecule has 1 N–H and O–H groups in total. The molecule has 2 rings (SSSR count). The van der Waals surface area contributed by atoms with Gasteiger partial charge < -0.3 is 5.32 Å². The minimum absolute atomic E-state index is 0.220. The van der Waals surface area contributed by atoms with Crippen molar-refractivity contribution >= 4 is 11.3 Å². The average Bonchev–Trinajstić information content (AvgIpc) is 2.86. The molecule has 0 saturated heterocycles. The average molecular weight is 281 g/mol. The van der Waals surface area contributed by atoms with Crippen LogP contribution in [0.3, 0.4) is 0 Å². The minimum Gasteiger partial charge on any atom is -0.305 e. The summed E-state index contributed by atoms with van der Waals surface area (Å²) in [6.45, 7) is 4.64. The van der Waals surface area contributed by atoms with E-state index in [1.807, 2.05) is 6.92 Å². The van der Waals surface area contributed by atoms with Gasteiger partial charge in [-0.2, -0.15) is 0 Å². The van der Waals surface area contributed by atoms with Crippen LogP contribution in [0, 0.1) is 11.6 Å². The van der Waals surface area contributed by atoms with Crippen molar-refractivity contribution in [3.63, 3.8) is 0 Å². The predicted molar refractivity (Wildman–Crippen MR) is 75.3 cm³/mol. The monoisotopic (exact) mass is 281 g/mol. The number of benzene rings is 1. The smallest absolute Gasteiger partial charge is 0.163 e. The third-order valence-corrected chi connectivity index (χ3v) is 4.20. The summed E-state index contributed by atoms with van der Waals surface area (Å²) >= 11 is 1.69. The summed E-state index contributed by atoms with van der Waals surface area (Å²) in [7, 11) is 0. The molecule has 1 aromatic carbocycles. The van der Waals surface area contributed by atoms with Crippen LogP contribution in [0.15, 0.2) is 29.6 Å². The zero-order valence-electron chi connectivity index (χ0n) is 11.0. The molecule has 0 aliphatic rings. The molecule has 1 atom stereocenters. The summed E-state index contributed by atoms with van der Waals surface area (Å²) in [6, 6.07) is 6.18. The molecule has 0 aliphatic heterocycles. The normalized spacial score (nSPS) is 12.6. The fourth-order valence-corrected chi connectivity index (χ4v) is 2.97. The van der Waals surface area contributed by atoms with Crippen LogP contribution < -0.4 is 5.32 Å². The summed E-state index contributed by atoms with van der Waals surface area (Å²) in [4.78, 5) is 1.26. The van der Waals surface area contributed by atoms with E-state index >= 15 is 0 Å². The summed E-state index contributed by atoms with van der Waals surface area (Å²) in [6.07, 6.45) is 0.989. The lowest BCUT2D eigenvalue weighted by atomic mass is 10.1. The van der Waals surface area contributed by atoms with Crippen LogP contribution in [-0.2, 0) is 13.0 Å². The molecule has 0 spiro atoms. The van der Waals surface area contributed by atoms with E-state index in [9.17, 15) is 8.78 Å². The Balaban J connectivity index is 2.05. The van der Waals surface area contributed by atoms with Crippen LogP contribution in [0.25, 0.3) is 0 Å². The van der Waals surface area contributed by atoms with Gasteiger partial charge in [0, 0.05) is 23.0 Å². The van der Waals surface area contributed by atoms with Crippen LogP contribution in [0.4, 0.5) is 8.78 Å². The van der Waals surface area contributed by atoms with E-state index in [4.69, 9.17) is 0 Å². The molecule has 2 aromatic rings. The third-order valence-electron chi connectivity index (χ3n) is 3.24. The van der Waals surface area contributed by atoms with Crippen molar-refractivity contribution in [1.29, 1.82) is 0 Å². The molecular formula is C15H17F2NS. The first-order chi connectivity index (χ1) is 9.13. The Morgan fingerprint density at radius 2 is 2.05 bits per heavy atom. The van der Waals surface area contributed by atoms with Crippen molar-refractivity contribution in [3.05, 3.63) is 57.3 Å². The van der Waals surface area contributed by atoms with Crippen LogP contribution in [0.1, 0.15) is 35.9 Å². The van der Waals surface area contributed by atoms with Gasteiger partial charge in [0.1, 0.15) is 0 Å². The number of thiophene rings is 1. The van der Waals surface area contributed by atoms with E-state index in [1.165, 1.54) is 16.5 Å². The maximum Gasteiger partial charge on any atom is 0.163 e. The molecule has 0 amide bonds. The summed E-state index contributed by atoms with van der Waals surface area (Å²) in [5.74, 6) is -1.55. The molecule has 0 saturated carbocycles. The Kier molecular flexibility index (Phi) is 4.66. The van der Waals surface area contributed by atoms with Gasteiger partial charge in [0.25, 0.3) is 0 Å². The van der Waals surface area contributed by atoms with Crippen molar-refractivity contribution in [3.8, 4) is 0 Å². The maximum atomic E-state index is 13.7. The molecule has 1 nitrogen and oxygen atoms in total. The SMILES string of the molecule is CCc1ccsc1CNC(C)c1cccc(F)c1F. The fourth-order valence-electron chi connectivity index (χ4n) is 2.05. The second kappa shape index (κ2) is 6.26. The predicted octanol–water partition coefficient (Wildman–Crippen LogP) is 4.44. The molecule has 19 heavy (non-hydrogen) atoms. The van der Waals surface area contributed by atoms with Crippen LogP contribution in [0.2, 0.25) is 0 Å². The topological polar surface area (TPSA) is 12.0 Å². The molecule has 4 heteroatoms. The maximum absolute atomic E-state index is 13.7. The highest BCUT2D eigenvalue weighted by Gasteiger charge is 2.14. The molecular weight excluding hydrogens is 264 g/mol. The number of hydrogen-bond donors (Lipinski definition) is 1. The molecule has 0 fully saturated rings. The van der Waals surface area contributed by atoms with Crippen molar-refractivity contribution in [2.45, 2.75) is 32.9 Å². The first kappa shape index (κ1) is 14.2. The first-order valence-corrected chi connectivity index (χ1v) is 7.24. The largest absolute Gasteiger partial charge is 0.305 e. The number of rotatable bonds is 5. The molecule has 0 aliphatic carbocycles. The standard InChI is InChI=1S/C15H17F2NS/c1-3-11-7-8-19-14(11)9-18-10(2)12-5-4-6-13(16)15(12)17/h4-8,10,18H,3,9H2,1-2H3. The van der Waals surface area contributed by atoms with E-state index in [0.717, 1.165) is 12.5 Å². The minimum atomic E-state index is -0.795. The number of nitrogens with one attached hydrogen (secondary N) is 1. The fraction of sp³-hybridized carbons (Fsp3) is 0.333. The van der Waals surface area contributed by atoms with Crippen LogP contribution >= 0.6 is 11.3 Å². The molecule has 102 valence electrons. The number of hydrogen-bond acceptors (Lipinski definition) is 2. The van der Waals surface area contributed by atoms with E-state index < -0.39 is 11.6 Å². The highest BCUT2D eigenvalue weighted by molar-refractivity contribution is 7.10. The van der Waals surface area contributed by atoms with Crippen molar-refractivity contribution in [2.24, 2.45) is 0 Å². The van der Waals surface area contributed by atoms with Crippen molar-refractivity contribution < 1.29 is 8.78 Å². The third kappa shape index (κ3) is 3.19.